The Morgan fingerprint density at radius 3 is 2.55 bits per heavy atom. The number of carbonyl (C=O) groups is 1. The SMILES string of the molecule is CCCCCCCCOc1ccc(/C=C\C(=O)Nc2nc3ccc(OC)cc3s2)cc1. The molecule has 0 aliphatic heterocycles. The third-order valence-corrected chi connectivity index (χ3v) is 5.83. The summed E-state index contributed by atoms with van der Waals surface area (Å²) in [5.41, 5.74) is 1.78. The van der Waals surface area contributed by atoms with E-state index >= 15 is 0 Å². The Morgan fingerprint density at radius 1 is 1.03 bits per heavy atom. The minimum absolute atomic E-state index is 0.213. The molecule has 0 spiro atoms. The number of benzene rings is 2. The molecule has 0 fully saturated rings. The molecule has 31 heavy (non-hydrogen) atoms. The Bertz CT molecular complexity index is 996. The molecule has 1 aromatic heterocycles. The van der Waals surface area contributed by atoms with Gasteiger partial charge in [0, 0.05) is 6.08 Å². The lowest BCUT2D eigenvalue weighted by molar-refractivity contribution is -0.111. The Labute approximate surface area is 188 Å². The van der Waals surface area contributed by atoms with Gasteiger partial charge >= 0.3 is 0 Å². The summed E-state index contributed by atoms with van der Waals surface area (Å²) in [5, 5.41) is 3.39. The van der Waals surface area contributed by atoms with E-state index in [0.717, 1.165) is 40.3 Å². The summed E-state index contributed by atoms with van der Waals surface area (Å²) in [7, 11) is 1.63. The monoisotopic (exact) mass is 438 g/mol. The number of ether oxygens (including phenoxy) is 2. The number of fused-ring (bicyclic) bond motifs is 1. The molecule has 0 radical (unpaired) electrons. The Hall–Kier alpha value is -2.86. The van der Waals surface area contributed by atoms with Crippen molar-refractivity contribution in [3.63, 3.8) is 0 Å². The largest absolute Gasteiger partial charge is 0.497 e. The lowest BCUT2D eigenvalue weighted by Gasteiger charge is -2.06. The number of methoxy groups -OCH3 is 1. The van der Waals surface area contributed by atoms with Crippen LogP contribution in [0.2, 0.25) is 0 Å². The molecule has 1 heterocycles. The van der Waals surface area contributed by atoms with Crippen molar-refractivity contribution >= 4 is 38.7 Å². The summed E-state index contributed by atoms with van der Waals surface area (Å²) in [6.07, 6.45) is 10.8. The molecule has 3 aromatic rings. The van der Waals surface area contributed by atoms with Crippen LogP contribution in [0.1, 0.15) is 51.0 Å². The van der Waals surface area contributed by atoms with Gasteiger partial charge in [-0.2, -0.15) is 0 Å². The number of nitrogens with one attached hydrogen (secondary N) is 1. The minimum atomic E-state index is -0.213. The molecule has 1 N–H and O–H groups in total. The van der Waals surface area contributed by atoms with Crippen LogP contribution in [-0.2, 0) is 4.79 Å². The van der Waals surface area contributed by atoms with E-state index in [4.69, 9.17) is 9.47 Å². The maximum Gasteiger partial charge on any atom is 0.250 e. The molecule has 0 saturated carbocycles. The lowest BCUT2D eigenvalue weighted by Crippen LogP contribution is -2.07. The highest BCUT2D eigenvalue weighted by atomic mass is 32.1. The van der Waals surface area contributed by atoms with Crippen LogP contribution in [0.15, 0.2) is 48.5 Å². The molecule has 6 heteroatoms. The van der Waals surface area contributed by atoms with Gasteiger partial charge < -0.3 is 9.47 Å². The van der Waals surface area contributed by atoms with Crippen LogP contribution in [0.3, 0.4) is 0 Å². The third-order valence-electron chi connectivity index (χ3n) is 4.90. The summed E-state index contributed by atoms with van der Waals surface area (Å²) < 4.78 is 12.0. The van der Waals surface area contributed by atoms with Crippen molar-refractivity contribution in [1.29, 1.82) is 0 Å². The topological polar surface area (TPSA) is 60.5 Å². The zero-order chi connectivity index (χ0) is 21.9. The molecule has 0 bridgehead atoms. The molecular formula is C25H30N2O3S. The average Bonchev–Trinajstić information content (AvgIpc) is 3.19. The summed E-state index contributed by atoms with van der Waals surface area (Å²) in [4.78, 5) is 16.7. The second kappa shape index (κ2) is 12.1. The molecule has 0 atom stereocenters. The fourth-order valence-electron chi connectivity index (χ4n) is 3.15. The van der Waals surface area contributed by atoms with Crippen molar-refractivity contribution in [3.05, 3.63) is 54.1 Å². The van der Waals surface area contributed by atoms with Crippen LogP contribution >= 0.6 is 11.3 Å². The van der Waals surface area contributed by atoms with E-state index in [9.17, 15) is 4.79 Å². The van der Waals surface area contributed by atoms with Crippen LogP contribution in [0.4, 0.5) is 5.13 Å². The molecule has 1 amide bonds. The molecule has 0 aliphatic carbocycles. The molecule has 0 aliphatic rings. The fraction of sp³-hybridized carbons (Fsp3) is 0.360. The summed E-state index contributed by atoms with van der Waals surface area (Å²) in [5.74, 6) is 1.42. The summed E-state index contributed by atoms with van der Waals surface area (Å²) in [6.45, 7) is 2.98. The number of hydrogen-bond donors (Lipinski definition) is 1. The van der Waals surface area contributed by atoms with Crippen molar-refractivity contribution < 1.29 is 14.3 Å². The molecule has 0 saturated heterocycles. The Morgan fingerprint density at radius 2 is 1.77 bits per heavy atom. The van der Waals surface area contributed by atoms with Crippen LogP contribution in [0.5, 0.6) is 11.5 Å². The molecule has 2 aromatic carbocycles. The van der Waals surface area contributed by atoms with E-state index in [1.165, 1.54) is 49.5 Å². The van der Waals surface area contributed by atoms with Crippen LogP contribution < -0.4 is 14.8 Å². The molecular weight excluding hydrogens is 408 g/mol. The minimum Gasteiger partial charge on any atom is -0.497 e. The Balaban J connectivity index is 1.44. The van der Waals surface area contributed by atoms with E-state index in [2.05, 4.69) is 17.2 Å². The van der Waals surface area contributed by atoms with E-state index in [1.807, 2.05) is 42.5 Å². The highest BCUT2D eigenvalue weighted by Gasteiger charge is 2.07. The van der Waals surface area contributed by atoms with Gasteiger partial charge in [-0.15, -0.1) is 0 Å². The predicted octanol–water partition coefficient (Wildman–Crippen LogP) is 6.70. The number of hydrogen-bond acceptors (Lipinski definition) is 5. The van der Waals surface area contributed by atoms with Crippen molar-refractivity contribution in [2.24, 2.45) is 0 Å². The Kier molecular flexibility index (Phi) is 8.91. The van der Waals surface area contributed by atoms with Gasteiger partial charge in [0.05, 0.1) is 23.9 Å². The fourth-order valence-corrected chi connectivity index (χ4v) is 4.05. The first-order valence-electron chi connectivity index (χ1n) is 10.8. The van der Waals surface area contributed by atoms with Crippen LogP contribution in [0, 0.1) is 0 Å². The van der Waals surface area contributed by atoms with Gasteiger partial charge in [-0.25, -0.2) is 4.98 Å². The van der Waals surface area contributed by atoms with E-state index in [-0.39, 0.29) is 5.91 Å². The number of unbranched alkanes of at least 4 members (excludes halogenated alkanes) is 5. The third kappa shape index (κ3) is 7.40. The van der Waals surface area contributed by atoms with Gasteiger partial charge in [-0.05, 0) is 48.4 Å². The number of rotatable bonds is 12. The standard InChI is InChI=1S/C25H30N2O3S/c1-3-4-5-6-7-8-17-30-20-12-9-19(10-13-20)11-16-24(28)27-25-26-22-15-14-21(29-2)18-23(22)31-25/h9-16,18H,3-8,17H2,1-2H3,(H,26,27,28)/b16-11-. The van der Waals surface area contributed by atoms with Gasteiger partial charge in [-0.1, -0.05) is 62.5 Å². The first-order valence-corrected chi connectivity index (χ1v) is 11.7. The van der Waals surface area contributed by atoms with Gasteiger partial charge in [0.15, 0.2) is 5.13 Å². The second-order valence-corrected chi connectivity index (χ2v) is 8.39. The van der Waals surface area contributed by atoms with Gasteiger partial charge in [0.1, 0.15) is 11.5 Å². The van der Waals surface area contributed by atoms with Crippen molar-refractivity contribution in [2.45, 2.75) is 45.4 Å². The van der Waals surface area contributed by atoms with E-state index < -0.39 is 0 Å². The maximum atomic E-state index is 12.2. The van der Waals surface area contributed by atoms with Gasteiger partial charge in [0.25, 0.3) is 0 Å². The number of carbonyl (C=O) groups excluding carboxylic acids is 1. The normalized spacial score (nSPS) is 11.2. The van der Waals surface area contributed by atoms with Crippen LogP contribution in [-0.4, -0.2) is 24.6 Å². The highest BCUT2D eigenvalue weighted by molar-refractivity contribution is 7.22. The quantitative estimate of drug-likeness (QED) is 0.253. The molecule has 5 nitrogen and oxygen atoms in total. The molecule has 3 rings (SSSR count). The number of aromatic nitrogens is 1. The van der Waals surface area contributed by atoms with Gasteiger partial charge in [-0.3, -0.25) is 10.1 Å². The summed E-state index contributed by atoms with van der Waals surface area (Å²) in [6, 6.07) is 13.4. The number of thiazole rings is 1. The van der Waals surface area contributed by atoms with E-state index in [0.29, 0.717) is 5.13 Å². The van der Waals surface area contributed by atoms with E-state index in [1.54, 1.807) is 13.2 Å². The van der Waals surface area contributed by atoms with Crippen molar-refractivity contribution in [2.75, 3.05) is 19.0 Å². The number of anilines is 1. The van der Waals surface area contributed by atoms with Crippen molar-refractivity contribution in [3.8, 4) is 11.5 Å². The zero-order valence-corrected chi connectivity index (χ0v) is 19.0. The first-order chi connectivity index (χ1) is 15.2. The number of amides is 1. The lowest BCUT2D eigenvalue weighted by atomic mass is 10.1. The second-order valence-electron chi connectivity index (χ2n) is 7.36. The average molecular weight is 439 g/mol. The summed E-state index contributed by atoms with van der Waals surface area (Å²) >= 11 is 1.42. The predicted molar refractivity (Wildman–Crippen MR) is 129 cm³/mol. The highest BCUT2D eigenvalue weighted by Crippen LogP contribution is 2.29. The first kappa shape index (κ1) is 22.8. The molecule has 0 unspecified atom stereocenters. The van der Waals surface area contributed by atoms with Crippen LogP contribution in [0.25, 0.3) is 16.3 Å². The number of nitrogens with zero attached hydrogens (tertiary/aromatic N) is 1. The van der Waals surface area contributed by atoms with Gasteiger partial charge in [0.2, 0.25) is 5.91 Å². The molecule has 164 valence electrons. The zero-order valence-electron chi connectivity index (χ0n) is 18.2. The van der Waals surface area contributed by atoms with Crippen molar-refractivity contribution in [1.82, 2.24) is 4.98 Å². The maximum absolute atomic E-state index is 12.2. The smallest absolute Gasteiger partial charge is 0.250 e.